The Balaban J connectivity index is 2.37. The van der Waals surface area contributed by atoms with Gasteiger partial charge in [0.25, 0.3) is 0 Å². The molecule has 1 aromatic carbocycles. The zero-order valence-electron chi connectivity index (χ0n) is 8.17. The van der Waals surface area contributed by atoms with E-state index < -0.39 is 0 Å². The van der Waals surface area contributed by atoms with Crippen LogP contribution in [0.25, 0.3) is 6.08 Å². The van der Waals surface area contributed by atoms with Crippen LogP contribution in [-0.2, 0) is 6.42 Å². The van der Waals surface area contributed by atoms with Crippen molar-refractivity contribution < 1.29 is 0 Å². The van der Waals surface area contributed by atoms with Crippen LogP contribution < -0.4 is 5.73 Å². The van der Waals surface area contributed by atoms with Gasteiger partial charge in [-0.15, -0.1) is 0 Å². The quantitative estimate of drug-likeness (QED) is 0.693. The smallest absolute Gasteiger partial charge is 0.0318 e. The predicted octanol–water partition coefficient (Wildman–Crippen LogP) is 2.36. The molecular formula is C12H15N. The van der Waals surface area contributed by atoms with E-state index in [4.69, 9.17) is 5.73 Å². The number of hydrogen-bond donors (Lipinski definition) is 1. The summed E-state index contributed by atoms with van der Waals surface area (Å²) in [6, 6.07) is 8.47. The highest BCUT2D eigenvalue weighted by atomic mass is 14.7. The van der Waals surface area contributed by atoms with E-state index in [2.05, 4.69) is 44.2 Å². The van der Waals surface area contributed by atoms with Gasteiger partial charge in [0.1, 0.15) is 0 Å². The minimum atomic E-state index is -0.182. The molecule has 2 rings (SSSR count). The van der Waals surface area contributed by atoms with Crippen LogP contribution in [-0.4, -0.2) is 5.54 Å². The van der Waals surface area contributed by atoms with Crippen molar-refractivity contribution in [3.8, 4) is 0 Å². The molecule has 0 fully saturated rings. The molecule has 0 spiro atoms. The third kappa shape index (κ3) is 1.52. The second-order valence-electron chi connectivity index (χ2n) is 4.27. The molecule has 0 aliphatic heterocycles. The van der Waals surface area contributed by atoms with Crippen molar-refractivity contribution in [2.24, 2.45) is 5.73 Å². The number of nitrogens with two attached hydrogens (primary N) is 1. The third-order valence-electron chi connectivity index (χ3n) is 2.59. The summed E-state index contributed by atoms with van der Waals surface area (Å²) < 4.78 is 0. The molecule has 13 heavy (non-hydrogen) atoms. The minimum absolute atomic E-state index is 0.182. The highest BCUT2D eigenvalue weighted by molar-refractivity contribution is 5.65. The lowest BCUT2D eigenvalue weighted by Crippen LogP contribution is -2.34. The van der Waals surface area contributed by atoms with Crippen molar-refractivity contribution in [1.29, 1.82) is 0 Å². The molecule has 1 aliphatic carbocycles. The van der Waals surface area contributed by atoms with Gasteiger partial charge < -0.3 is 5.73 Å². The summed E-state index contributed by atoms with van der Waals surface area (Å²) in [5, 5.41) is 0. The highest BCUT2D eigenvalue weighted by Crippen LogP contribution is 2.29. The van der Waals surface area contributed by atoms with Gasteiger partial charge in [-0.2, -0.15) is 0 Å². The molecule has 1 nitrogen and oxygen atoms in total. The monoisotopic (exact) mass is 173 g/mol. The first-order valence-corrected chi connectivity index (χ1v) is 4.65. The van der Waals surface area contributed by atoms with Gasteiger partial charge in [0.15, 0.2) is 0 Å². The summed E-state index contributed by atoms with van der Waals surface area (Å²) in [6.07, 6.45) is 3.23. The fourth-order valence-corrected chi connectivity index (χ4v) is 1.69. The summed E-state index contributed by atoms with van der Waals surface area (Å²) in [7, 11) is 0. The van der Waals surface area contributed by atoms with Gasteiger partial charge in [0, 0.05) is 5.54 Å². The summed E-state index contributed by atoms with van der Waals surface area (Å²) >= 11 is 0. The van der Waals surface area contributed by atoms with Crippen LogP contribution in [0.2, 0.25) is 0 Å². The molecule has 0 unspecified atom stereocenters. The van der Waals surface area contributed by atoms with Gasteiger partial charge >= 0.3 is 0 Å². The molecule has 1 aromatic rings. The molecule has 2 N–H and O–H groups in total. The molecule has 0 amide bonds. The van der Waals surface area contributed by atoms with Crippen molar-refractivity contribution in [3.63, 3.8) is 0 Å². The molecule has 1 aliphatic rings. The Labute approximate surface area is 79.3 Å². The van der Waals surface area contributed by atoms with Crippen LogP contribution in [0, 0.1) is 0 Å². The summed E-state index contributed by atoms with van der Waals surface area (Å²) in [4.78, 5) is 0. The van der Waals surface area contributed by atoms with E-state index in [1.165, 1.54) is 16.7 Å². The van der Waals surface area contributed by atoms with Gasteiger partial charge in [-0.25, -0.2) is 0 Å². The summed E-state index contributed by atoms with van der Waals surface area (Å²) in [5.41, 5.74) is 9.93. The first kappa shape index (κ1) is 8.52. The average molecular weight is 173 g/mol. The number of fused-ring (bicyclic) bond motifs is 1. The lowest BCUT2D eigenvalue weighted by Gasteiger charge is -2.20. The Hall–Kier alpha value is -1.08. The van der Waals surface area contributed by atoms with E-state index in [1.807, 2.05) is 0 Å². The maximum absolute atomic E-state index is 6.05. The normalized spacial score (nSPS) is 15.5. The standard InChI is InChI=1S/C12H15N/c1-12(2,13)11-7-9-5-3-4-6-10(9)8-11/h3-7H,8,13H2,1-2H3. The lowest BCUT2D eigenvalue weighted by molar-refractivity contribution is 0.604. The largest absolute Gasteiger partial charge is 0.322 e. The van der Waals surface area contributed by atoms with E-state index in [9.17, 15) is 0 Å². The molecule has 0 atom stereocenters. The van der Waals surface area contributed by atoms with Crippen LogP contribution in [0.1, 0.15) is 25.0 Å². The number of rotatable bonds is 1. The first-order valence-electron chi connectivity index (χ1n) is 4.65. The van der Waals surface area contributed by atoms with Crippen LogP contribution in [0.15, 0.2) is 29.8 Å². The topological polar surface area (TPSA) is 26.0 Å². The maximum Gasteiger partial charge on any atom is 0.0318 e. The van der Waals surface area contributed by atoms with Crippen LogP contribution >= 0.6 is 0 Å². The fraction of sp³-hybridized carbons (Fsp3) is 0.333. The zero-order valence-corrected chi connectivity index (χ0v) is 8.17. The Bertz CT molecular complexity index is 356. The van der Waals surface area contributed by atoms with Gasteiger partial charge in [-0.1, -0.05) is 30.3 Å². The molecule has 0 heterocycles. The van der Waals surface area contributed by atoms with Crippen molar-refractivity contribution >= 4 is 6.08 Å². The van der Waals surface area contributed by atoms with Gasteiger partial charge in [-0.05, 0) is 37.0 Å². The van der Waals surface area contributed by atoms with Gasteiger partial charge in [0.2, 0.25) is 0 Å². The Morgan fingerprint density at radius 3 is 2.54 bits per heavy atom. The third-order valence-corrected chi connectivity index (χ3v) is 2.59. The Morgan fingerprint density at radius 1 is 1.23 bits per heavy atom. The molecule has 68 valence electrons. The second kappa shape index (κ2) is 2.71. The minimum Gasteiger partial charge on any atom is -0.322 e. The molecular weight excluding hydrogens is 158 g/mol. The van der Waals surface area contributed by atoms with Crippen LogP contribution in [0.3, 0.4) is 0 Å². The van der Waals surface area contributed by atoms with E-state index in [1.54, 1.807) is 0 Å². The van der Waals surface area contributed by atoms with E-state index in [0.29, 0.717) is 0 Å². The van der Waals surface area contributed by atoms with Crippen molar-refractivity contribution in [1.82, 2.24) is 0 Å². The summed E-state index contributed by atoms with van der Waals surface area (Å²) in [6.45, 7) is 4.12. The first-order chi connectivity index (χ1) is 6.07. The molecule has 0 aromatic heterocycles. The molecule has 0 saturated carbocycles. The molecule has 1 heteroatoms. The second-order valence-corrected chi connectivity index (χ2v) is 4.27. The van der Waals surface area contributed by atoms with E-state index >= 15 is 0 Å². The van der Waals surface area contributed by atoms with Crippen molar-refractivity contribution in [3.05, 3.63) is 41.0 Å². The van der Waals surface area contributed by atoms with Gasteiger partial charge in [-0.3, -0.25) is 0 Å². The predicted molar refractivity (Wildman–Crippen MR) is 56.4 cm³/mol. The Morgan fingerprint density at radius 2 is 1.92 bits per heavy atom. The highest BCUT2D eigenvalue weighted by Gasteiger charge is 2.22. The van der Waals surface area contributed by atoms with Crippen LogP contribution in [0.4, 0.5) is 0 Å². The molecule has 0 radical (unpaired) electrons. The summed E-state index contributed by atoms with van der Waals surface area (Å²) in [5.74, 6) is 0. The number of benzene rings is 1. The Kier molecular flexibility index (Phi) is 1.77. The average Bonchev–Trinajstić information content (AvgIpc) is 2.45. The molecule has 0 saturated heterocycles. The molecule has 0 bridgehead atoms. The number of hydrogen-bond acceptors (Lipinski definition) is 1. The lowest BCUT2D eigenvalue weighted by atomic mass is 9.94. The van der Waals surface area contributed by atoms with Crippen LogP contribution in [0.5, 0.6) is 0 Å². The van der Waals surface area contributed by atoms with E-state index in [0.717, 1.165) is 6.42 Å². The SMILES string of the molecule is CC(C)(N)C1=Cc2ccccc2C1. The van der Waals surface area contributed by atoms with Crippen molar-refractivity contribution in [2.45, 2.75) is 25.8 Å². The fourth-order valence-electron chi connectivity index (χ4n) is 1.69. The van der Waals surface area contributed by atoms with Crippen molar-refractivity contribution in [2.75, 3.05) is 0 Å². The maximum atomic E-state index is 6.05. The van der Waals surface area contributed by atoms with E-state index in [-0.39, 0.29) is 5.54 Å². The zero-order chi connectivity index (χ0) is 9.47. The van der Waals surface area contributed by atoms with Gasteiger partial charge in [0.05, 0.1) is 0 Å².